The van der Waals surface area contributed by atoms with Gasteiger partial charge in [-0.05, 0) is 109 Å². The fraction of sp³-hybridized carbons (Fsp3) is 0.125. The zero-order chi connectivity index (χ0) is 48.6. The van der Waals surface area contributed by atoms with E-state index in [1.807, 2.05) is 84.9 Å². The summed E-state index contributed by atoms with van der Waals surface area (Å²) in [6.45, 7) is 3.76. The van der Waals surface area contributed by atoms with Crippen molar-refractivity contribution >= 4 is 101 Å². The Balaban J connectivity index is 0.000000201. The van der Waals surface area contributed by atoms with Gasteiger partial charge in [0, 0.05) is 31.9 Å². The van der Waals surface area contributed by atoms with Gasteiger partial charge in [0.2, 0.25) is 0 Å². The van der Waals surface area contributed by atoms with Gasteiger partial charge in [0.1, 0.15) is 0 Å². The highest BCUT2D eigenvalue weighted by Gasteiger charge is 2.34. The third kappa shape index (κ3) is 12.6. The molecule has 2 aliphatic heterocycles. The van der Waals surface area contributed by atoms with Crippen LogP contribution in [0, 0.1) is 0 Å². The molecule has 14 nitrogen and oxygen atoms in total. The number of halogens is 4. The third-order valence-corrected chi connectivity index (χ3v) is 13.7. The highest BCUT2D eigenvalue weighted by Crippen LogP contribution is 2.32. The number of hydrazone groups is 2. The molecule has 6 aromatic carbocycles. The van der Waals surface area contributed by atoms with Gasteiger partial charge < -0.3 is 11.5 Å². The van der Waals surface area contributed by atoms with Crippen LogP contribution in [0.3, 0.4) is 0 Å². The number of hydrogen-bond acceptors (Lipinski definition) is 6. The lowest BCUT2D eigenvalue weighted by atomic mass is 9.91. The van der Waals surface area contributed by atoms with Crippen LogP contribution in [-0.2, 0) is 20.0 Å². The molecule has 20 heteroatoms. The smallest absolute Gasteiger partial charge is 0.285 e. The number of guanidine groups is 2. The van der Waals surface area contributed by atoms with Crippen molar-refractivity contribution in [1.82, 2.24) is 10.0 Å². The maximum atomic E-state index is 13.0. The van der Waals surface area contributed by atoms with Gasteiger partial charge in [0.05, 0.1) is 46.0 Å². The number of benzene rings is 6. The Kier molecular flexibility index (Phi) is 15.8. The number of nitrogens with two attached hydrogens (primary N) is 2. The Morgan fingerprint density at radius 1 is 0.485 bits per heavy atom. The second-order valence-corrected chi connectivity index (χ2v) is 20.2. The van der Waals surface area contributed by atoms with Crippen molar-refractivity contribution in [2.75, 3.05) is 13.1 Å². The summed E-state index contributed by atoms with van der Waals surface area (Å²) in [6, 6.07) is 45.8. The summed E-state index contributed by atoms with van der Waals surface area (Å²) in [5.74, 6) is -0.259. The fourth-order valence-corrected chi connectivity index (χ4v) is 9.38. The first-order valence-corrected chi connectivity index (χ1v) is 25.0. The number of amidine groups is 2. The maximum Gasteiger partial charge on any atom is 0.285 e. The summed E-state index contributed by atoms with van der Waals surface area (Å²) in [6.07, 6.45) is 0. The van der Waals surface area contributed by atoms with E-state index in [2.05, 4.69) is 18.8 Å². The lowest BCUT2D eigenvalue weighted by Crippen LogP contribution is -2.27. The number of nitrogens with zero attached hydrogens (tertiary/aromatic N) is 8. The van der Waals surface area contributed by atoms with Crippen LogP contribution in [0.25, 0.3) is 0 Å². The Labute approximate surface area is 414 Å². The molecule has 0 amide bonds. The van der Waals surface area contributed by atoms with Gasteiger partial charge >= 0.3 is 0 Å². The highest BCUT2D eigenvalue weighted by molar-refractivity contribution is 7.90. The molecular formula is C48H42Cl4N10O4S2. The summed E-state index contributed by atoms with van der Waals surface area (Å²) in [4.78, 5) is 8.36. The lowest BCUT2D eigenvalue weighted by molar-refractivity contribution is 0.470. The monoisotopic (exact) mass is 1030 g/mol. The molecule has 0 aliphatic carbocycles. The second kappa shape index (κ2) is 21.7. The molecule has 348 valence electrons. The van der Waals surface area contributed by atoms with Gasteiger partial charge in [-0.3, -0.25) is 0 Å². The molecule has 2 aliphatic rings. The van der Waals surface area contributed by atoms with Gasteiger partial charge in [-0.25, -0.2) is 10.0 Å². The first-order valence-electron chi connectivity index (χ1n) is 20.6. The first kappa shape index (κ1) is 49.5. The average molecular weight is 1030 g/mol. The van der Waals surface area contributed by atoms with Gasteiger partial charge in [-0.15, -0.1) is 8.80 Å². The second-order valence-electron chi connectivity index (χ2n) is 15.2. The van der Waals surface area contributed by atoms with Crippen LogP contribution in [-0.4, -0.2) is 75.0 Å². The van der Waals surface area contributed by atoms with Crippen molar-refractivity contribution in [3.8, 4) is 0 Å². The van der Waals surface area contributed by atoms with Crippen molar-refractivity contribution in [3.63, 3.8) is 0 Å². The van der Waals surface area contributed by atoms with Crippen molar-refractivity contribution in [3.05, 3.63) is 200 Å². The zero-order valence-corrected chi connectivity index (χ0v) is 40.9. The largest absolute Gasteiger partial charge is 0.387 e. The van der Waals surface area contributed by atoms with Crippen LogP contribution < -0.4 is 11.5 Å². The molecule has 0 saturated heterocycles. The molecular weight excluding hydrogens is 987 g/mol. The Hall–Kier alpha value is -6.40. The predicted octanol–water partition coefficient (Wildman–Crippen LogP) is 9.84. The van der Waals surface area contributed by atoms with E-state index in [1.165, 1.54) is 58.5 Å². The minimum absolute atomic E-state index is 0.0139. The molecule has 0 bridgehead atoms. The molecule has 0 spiro atoms. The minimum atomic E-state index is -4.09. The number of aliphatic imine (C=N–C) groups is 2. The molecule has 8 rings (SSSR count). The van der Waals surface area contributed by atoms with Gasteiger partial charge in [0.15, 0.2) is 0 Å². The molecule has 4 N–H and O–H groups in total. The minimum Gasteiger partial charge on any atom is -0.387 e. The summed E-state index contributed by atoms with van der Waals surface area (Å²) < 4.78 is 60.0. The molecule has 2 atom stereocenters. The van der Waals surface area contributed by atoms with Crippen molar-refractivity contribution in [2.45, 2.75) is 35.5 Å². The van der Waals surface area contributed by atoms with E-state index in [-0.39, 0.29) is 45.2 Å². The quantitative estimate of drug-likeness (QED) is 0.111. The average Bonchev–Trinajstić information content (AvgIpc) is 3.97. The van der Waals surface area contributed by atoms with E-state index in [4.69, 9.17) is 68.1 Å². The summed E-state index contributed by atoms with van der Waals surface area (Å²) in [7, 11) is -8.18. The van der Waals surface area contributed by atoms with Gasteiger partial charge in [-0.1, -0.05) is 131 Å². The summed E-state index contributed by atoms with van der Waals surface area (Å²) in [5.41, 5.74) is 16.9. The molecule has 0 aromatic heterocycles. The maximum absolute atomic E-state index is 13.0. The zero-order valence-electron chi connectivity index (χ0n) is 36.3. The predicted molar refractivity (Wildman–Crippen MR) is 274 cm³/mol. The van der Waals surface area contributed by atoms with Gasteiger partial charge in [-0.2, -0.15) is 37.0 Å². The molecule has 6 aromatic rings. The molecule has 0 fully saturated rings. The molecule has 2 unspecified atom stereocenters. The Bertz CT molecular complexity index is 2950. The lowest BCUT2D eigenvalue weighted by Gasteiger charge is -2.16. The highest BCUT2D eigenvalue weighted by atomic mass is 35.5. The van der Waals surface area contributed by atoms with Crippen LogP contribution in [0.4, 0.5) is 0 Å². The van der Waals surface area contributed by atoms with E-state index in [0.717, 1.165) is 33.7 Å². The number of hydrogen-bond donors (Lipinski definition) is 2. The third-order valence-electron chi connectivity index (χ3n) is 10.2. The Morgan fingerprint density at radius 3 is 1.07 bits per heavy atom. The van der Waals surface area contributed by atoms with Crippen LogP contribution in [0.1, 0.15) is 47.9 Å². The van der Waals surface area contributed by atoms with Crippen molar-refractivity contribution in [1.29, 1.82) is 0 Å². The standard InChI is InChI=1S/2C24H21Cl2N5O2S/c2*1-16(27)28-24(30-34(32,33)21-13-11-20(26)12-14-21)31-15-22(17-5-3-2-4-6-17)23(29-31)18-7-9-19(25)10-8-18/h2*2-14,22H,15H2,1H3,(H2,27,28,30). The molecule has 0 radical (unpaired) electrons. The SMILES string of the molecule is CC(N)=NC(=NS(=O)(=O)c1ccc(Cl)cc1)N1CC(c2ccccc2)C(c2ccc(Cl)cc2)=N1.CC(N)=NC(=NS(=O)(=O)c1ccc(Cl)cc1)N1CC(c2ccccc2)C(c2ccc(Cl)cc2)=N1. The van der Waals surface area contributed by atoms with Crippen molar-refractivity contribution in [2.24, 2.45) is 40.5 Å². The van der Waals surface area contributed by atoms with Crippen LogP contribution in [0.2, 0.25) is 20.1 Å². The van der Waals surface area contributed by atoms with E-state index >= 15 is 0 Å². The Morgan fingerprint density at radius 2 is 0.779 bits per heavy atom. The normalized spacial score (nSPS) is 17.1. The van der Waals surface area contributed by atoms with E-state index in [1.54, 1.807) is 38.1 Å². The summed E-state index contributed by atoms with van der Waals surface area (Å²) in [5, 5.41) is 14.4. The number of sulfonamides is 2. The topological polar surface area (TPSA) is 201 Å². The molecule has 2 heterocycles. The number of rotatable bonds is 8. The summed E-state index contributed by atoms with van der Waals surface area (Å²) >= 11 is 23.9. The molecule has 68 heavy (non-hydrogen) atoms. The van der Waals surface area contributed by atoms with Crippen LogP contribution in [0.5, 0.6) is 0 Å². The fourth-order valence-electron chi connectivity index (χ4n) is 7.01. The molecule has 0 saturated carbocycles. The van der Waals surface area contributed by atoms with E-state index in [9.17, 15) is 16.8 Å². The van der Waals surface area contributed by atoms with E-state index < -0.39 is 20.0 Å². The van der Waals surface area contributed by atoms with E-state index in [0.29, 0.717) is 33.2 Å². The first-order chi connectivity index (χ1) is 32.5. The van der Waals surface area contributed by atoms with Crippen molar-refractivity contribution < 1.29 is 16.8 Å². The van der Waals surface area contributed by atoms with Gasteiger partial charge in [0.25, 0.3) is 32.0 Å². The van der Waals surface area contributed by atoms with Crippen LogP contribution in [0.15, 0.2) is 196 Å². The van der Waals surface area contributed by atoms with Crippen LogP contribution >= 0.6 is 46.4 Å².